The molecule has 1 rings (SSSR count). The number of aliphatic imine (C=N–C) groups is 1. The quantitative estimate of drug-likeness (QED) is 0.623. The minimum Gasteiger partial charge on any atom is -0.497 e. The Morgan fingerprint density at radius 2 is 1.78 bits per heavy atom. The van der Waals surface area contributed by atoms with Gasteiger partial charge in [0.1, 0.15) is 5.75 Å². The van der Waals surface area contributed by atoms with Crippen molar-refractivity contribution >= 4 is 39.4 Å². The lowest BCUT2D eigenvalue weighted by molar-refractivity contribution is -0.105. The van der Waals surface area contributed by atoms with Gasteiger partial charge in [0, 0.05) is 0 Å². The molecule has 98 valence electrons. The van der Waals surface area contributed by atoms with Crippen LogP contribution in [0, 0.1) is 0 Å². The van der Waals surface area contributed by atoms with E-state index in [0.29, 0.717) is 5.04 Å². The van der Waals surface area contributed by atoms with E-state index in [1.165, 1.54) is 23.5 Å². The van der Waals surface area contributed by atoms with Gasteiger partial charge in [-0.25, -0.2) is 4.99 Å². The minimum absolute atomic E-state index is 0.0418. The maximum Gasteiger partial charge on any atom is 0.244 e. The molecule has 1 aromatic rings. The Labute approximate surface area is 116 Å². The summed E-state index contributed by atoms with van der Waals surface area (Å²) in [6, 6.07) is 7.37. The van der Waals surface area contributed by atoms with Crippen molar-refractivity contribution in [2.45, 2.75) is 13.8 Å². The molecule has 0 N–H and O–H groups in total. The maximum absolute atomic E-state index is 11.8. The highest BCUT2D eigenvalue weighted by molar-refractivity contribution is 8.24. The number of carbonyl (C=O) groups excluding carboxylic acids is 1. The maximum atomic E-state index is 11.8. The molecule has 0 bridgehead atoms. The summed E-state index contributed by atoms with van der Waals surface area (Å²) in [5.74, 6) is 2.39. The van der Waals surface area contributed by atoms with Crippen molar-refractivity contribution in [1.82, 2.24) is 0 Å². The van der Waals surface area contributed by atoms with Crippen LogP contribution in [-0.4, -0.2) is 28.8 Å². The highest BCUT2D eigenvalue weighted by Gasteiger charge is 2.11. The van der Waals surface area contributed by atoms with Crippen LogP contribution in [-0.2, 0) is 4.79 Å². The van der Waals surface area contributed by atoms with E-state index in [2.05, 4.69) is 4.99 Å². The predicted molar refractivity (Wildman–Crippen MR) is 81.4 cm³/mol. The fraction of sp³-hybridized carbons (Fsp3) is 0.385. The first-order valence-electron chi connectivity index (χ1n) is 5.73. The van der Waals surface area contributed by atoms with Crippen LogP contribution in [0.15, 0.2) is 29.3 Å². The number of rotatable bonds is 4. The zero-order chi connectivity index (χ0) is 13.4. The van der Waals surface area contributed by atoms with Crippen molar-refractivity contribution < 1.29 is 9.53 Å². The summed E-state index contributed by atoms with van der Waals surface area (Å²) in [6.07, 6.45) is 0. The molecule has 0 unspecified atom stereocenters. The number of carbonyl (C=O) groups is 1. The van der Waals surface area contributed by atoms with Gasteiger partial charge in [-0.15, -0.1) is 11.8 Å². The van der Waals surface area contributed by atoms with E-state index in [-0.39, 0.29) is 5.12 Å². The lowest BCUT2D eigenvalue weighted by atomic mass is 10.3. The smallest absolute Gasteiger partial charge is 0.244 e. The van der Waals surface area contributed by atoms with Crippen molar-refractivity contribution in [2.75, 3.05) is 18.6 Å². The van der Waals surface area contributed by atoms with Gasteiger partial charge in [0.05, 0.1) is 12.8 Å². The van der Waals surface area contributed by atoms with Crippen LogP contribution in [0.3, 0.4) is 0 Å². The zero-order valence-corrected chi connectivity index (χ0v) is 12.4. The lowest BCUT2D eigenvalue weighted by Gasteiger charge is -2.03. The van der Waals surface area contributed by atoms with Crippen LogP contribution in [0.25, 0.3) is 0 Å². The third-order valence-corrected chi connectivity index (χ3v) is 3.75. The van der Waals surface area contributed by atoms with Gasteiger partial charge in [-0.2, -0.15) is 0 Å². The number of ether oxygens (including phenoxy) is 1. The van der Waals surface area contributed by atoms with E-state index in [4.69, 9.17) is 4.74 Å². The first-order valence-corrected chi connectivity index (χ1v) is 7.71. The SMILES string of the molecule is CCSC(=O)C(=Nc1ccc(OC)cc1)SCC. The third-order valence-electron chi connectivity index (χ3n) is 2.03. The van der Waals surface area contributed by atoms with Gasteiger partial charge >= 0.3 is 0 Å². The molecule has 5 heteroatoms. The Bertz CT molecular complexity index is 416. The monoisotopic (exact) mass is 283 g/mol. The largest absolute Gasteiger partial charge is 0.497 e. The summed E-state index contributed by atoms with van der Waals surface area (Å²) < 4.78 is 5.08. The summed E-state index contributed by atoms with van der Waals surface area (Å²) >= 11 is 2.77. The Kier molecular flexibility index (Phi) is 6.90. The topological polar surface area (TPSA) is 38.7 Å². The molecule has 0 aromatic heterocycles. The van der Waals surface area contributed by atoms with E-state index in [1.807, 2.05) is 38.1 Å². The van der Waals surface area contributed by atoms with Gasteiger partial charge in [-0.3, -0.25) is 4.79 Å². The standard InChI is InChI=1S/C13H17NO2S2/c1-4-17-12(13(15)18-5-2)14-10-6-8-11(16-3)9-7-10/h6-9H,4-5H2,1-3H3. The lowest BCUT2D eigenvalue weighted by Crippen LogP contribution is -2.06. The Balaban J connectivity index is 2.88. The Hall–Kier alpha value is -0.940. The molecule has 0 spiro atoms. The van der Waals surface area contributed by atoms with Gasteiger partial charge in [-0.05, 0) is 35.8 Å². The van der Waals surface area contributed by atoms with E-state index >= 15 is 0 Å². The molecule has 1 aromatic carbocycles. The van der Waals surface area contributed by atoms with Crippen LogP contribution < -0.4 is 4.74 Å². The molecule has 0 radical (unpaired) electrons. The van der Waals surface area contributed by atoms with E-state index in [0.717, 1.165) is 22.9 Å². The first-order chi connectivity index (χ1) is 8.71. The van der Waals surface area contributed by atoms with Crippen molar-refractivity contribution in [3.05, 3.63) is 24.3 Å². The van der Waals surface area contributed by atoms with E-state index in [9.17, 15) is 4.79 Å². The van der Waals surface area contributed by atoms with Gasteiger partial charge in [0.2, 0.25) is 5.12 Å². The number of hydrogen-bond donors (Lipinski definition) is 0. The first kappa shape index (κ1) is 15.1. The molecule has 0 amide bonds. The van der Waals surface area contributed by atoms with Crippen LogP contribution >= 0.6 is 23.5 Å². The molecule has 0 atom stereocenters. The second-order valence-electron chi connectivity index (χ2n) is 3.27. The summed E-state index contributed by atoms with van der Waals surface area (Å²) in [5.41, 5.74) is 0.775. The van der Waals surface area contributed by atoms with Crippen LogP contribution in [0.1, 0.15) is 13.8 Å². The average Bonchev–Trinajstić information content (AvgIpc) is 2.39. The highest BCUT2D eigenvalue weighted by Crippen LogP contribution is 2.21. The Morgan fingerprint density at radius 3 is 2.28 bits per heavy atom. The van der Waals surface area contributed by atoms with E-state index in [1.54, 1.807) is 7.11 Å². The van der Waals surface area contributed by atoms with E-state index < -0.39 is 0 Å². The molecular weight excluding hydrogens is 266 g/mol. The number of methoxy groups -OCH3 is 1. The van der Waals surface area contributed by atoms with Crippen molar-refractivity contribution in [1.29, 1.82) is 0 Å². The van der Waals surface area contributed by atoms with Crippen molar-refractivity contribution in [2.24, 2.45) is 4.99 Å². The van der Waals surface area contributed by atoms with Crippen molar-refractivity contribution in [3.63, 3.8) is 0 Å². The Morgan fingerprint density at radius 1 is 1.17 bits per heavy atom. The van der Waals surface area contributed by atoms with Crippen LogP contribution in [0.2, 0.25) is 0 Å². The molecule has 0 fully saturated rings. The molecule has 0 aliphatic carbocycles. The average molecular weight is 283 g/mol. The third kappa shape index (κ3) is 4.74. The van der Waals surface area contributed by atoms with Crippen molar-refractivity contribution in [3.8, 4) is 5.75 Å². The normalized spacial score (nSPS) is 11.4. The fourth-order valence-electron chi connectivity index (χ4n) is 1.24. The van der Waals surface area contributed by atoms with Crippen LogP contribution in [0.5, 0.6) is 5.75 Å². The summed E-state index contributed by atoms with van der Waals surface area (Å²) in [6.45, 7) is 3.97. The number of nitrogens with zero attached hydrogens (tertiary/aromatic N) is 1. The molecule has 0 aliphatic rings. The van der Waals surface area contributed by atoms with Gasteiger partial charge in [-0.1, -0.05) is 25.6 Å². The number of thioether (sulfide) groups is 2. The molecule has 0 aliphatic heterocycles. The van der Waals surface area contributed by atoms with Gasteiger partial charge in [0.15, 0.2) is 5.04 Å². The predicted octanol–water partition coefficient (Wildman–Crippen LogP) is 3.76. The molecular formula is C13H17NO2S2. The highest BCUT2D eigenvalue weighted by atomic mass is 32.2. The summed E-state index contributed by atoms with van der Waals surface area (Å²) in [5, 5.41) is 0.606. The van der Waals surface area contributed by atoms with Gasteiger partial charge in [0.25, 0.3) is 0 Å². The second kappa shape index (κ2) is 8.21. The number of hydrogen-bond acceptors (Lipinski definition) is 5. The molecule has 0 saturated carbocycles. The molecule has 3 nitrogen and oxygen atoms in total. The molecule has 0 saturated heterocycles. The number of benzene rings is 1. The summed E-state index contributed by atoms with van der Waals surface area (Å²) in [4.78, 5) is 16.2. The van der Waals surface area contributed by atoms with Crippen LogP contribution in [0.4, 0.5) is 5.69 Å². The molecule has 0 heterocycles. The fourth-order valence-corrected chi connectivity index (χ4v) is 2.59. The summed E-state index contributed by atoms with van der Waals surface area (Å²) in [7, 11) is 1.62. The minimum atomic E-state index is 0.0418. The molecule has 18 heavy (non-hydrogen) atoms. The zero-order valence-electron chi connectivity index (χ0n) is 10.8. The second-order valence-corrected chi connectivity index (χ2v) is 5.76. The van der Waals surface area contributed by atoms with Gasteiger partial charge < -0.3 is 4.74 Å².